The van der Waals surface area contributed by atoms with Gasteiger partial charge in [-0.15, -0.1) is 0 Å². The molecule has 1 aromatic rings. The van der Waals surface area contributed by atoms with E-state index >= 15 is 0 Å². The summed E-state index contributed by atoms with van der Waals surface area (Å²) in [6, 6.07) is 8.14. The van der Waals surface area contributed by atoms with Crippen LogP contribution in [0.15, 0.2) is 24.3 Å². The summed E-state index contributed by atoms with van der Waals surface area (Å²) in [5, 5.41) is 0. The molecule has 1 heterocycles. The monoisotopic (exact) mass is 275 g/mol. The van der Waals surface area contributed by atoms with Crippen LogP contribution >= 0.6 is 0 Å². The Bertz CT molecular complexity index is 498. The molecule has 1 amide bonds. The number of hydrogen-bond donors (Lipinski definition) is 2. The lowest BCUT2D eigenvalue weighted by molar-refractivity contribution is -0.122. The maximum Gasteiger partial charge on any atom is 0.256 e. The third kappa shape index (κ3) is 2.40. The number of hydrogen-bond acceptors (Lipinski definition) is 3. The molecule has 0 unspecified atom stereocenters. The normalized spacial score (nSPS) is 22.1. The third-order valence-corrected chi connectivity index (χ3v) is 4.33. The topological polar surface area (TPSA) is 58.4 Å². The van der Waals surface area contributed by atoms with Crippen molar-refractivity contribution in [3.8, 4) is 0 Å². The van der Waals surface area contributed by atoms with Crippen molar-refractivity contribution in [1.29, 1.82) is 0 Å². The smallest absolute Gasteiger partial charge is 0.256 e. The SMILES string of the molecule is CC[C@@H](C(=O)NN)N1c2ccccc2[C@H](C)CC1(C)C. The number of anilines is 1. The van der Waals surface area contributed by atoms with E-state index < -0.39 is 0 Å². The molecule has 0 fully saturated rings. The van der Waals surface area contributed by atoms with Crippen molar-refractivity contribution < 1.29 is 4.79 Å². The second-order valence-corrected chi connectivity index (χ2v) is 6.28. The Morgan fingerprint density at radius 1 is 1.50 bits per heavy atom. The first-order chi connectivity index (χ1) is 9.42. The molecule has 110 valence electrons. The highest BCUT2D eigenvalue weighted by Crippen LogP contribution is 2.44. The number of para-hydroxylation sites is 1. The maximum absolute atomic E-state index is 12.1. The number of hydrazine groups is 1. The van der Waals surface area contributed by atoms with E-state index in [9.17, 15) is 4.79 Å². The number of carbonyl (C=O) groups excluding carboxylic acids is 1. The van der Waals surface area contributed by atoms with Crippen molar-refractivity contribution in [1.82, 2.24) is 5.43 Å². The average Bonchev–Trinajstić information content (AvgIpc) is 2.42. The number of carbonyl (C=O) groups is 1. The summed E-state index contributed by atoms with van der Waals surface area (Å²) in [5.74, 6) is 5.74. The van der Waals surface area contributed by atoms with Crippen molar-refractivity contribution in [2.45, 2.75) is 58.0 Å². The first-order valence-electron chi connectivity index (χ1n) is 7.31. The molecule has 0 saturated heterocycles. The quantitative estimate of drug-likeness (QED) is 0.506. The Hall–Kier alpha value is -1.55. The highest BCUT2D eigenvalue weighted by Gasteiger charge is 2.41. The molecule has 1 aromatic carbocycles. The van der Waals surface area contributed by atoms with Gasteiger partial charge in [0.05, 0.1) is 0 Å². The molecule has 4 nitrogen and oxygen atoms in total. The third-order valence-electron chi connectivity index (χ3n) is 4.33. The molecule has 0 aliphatic carbocycles. The first-order valence-corrected chi connectivity index (χ1v) is 7.31. The summed E-state index contributed by atoms with van der Waals surface area (Å²) in [6.07, 6.45) is 1.76. The van der Waals surface area contributed by atoms with Crippen molar-refractivity contribution in [2.24, 2.45) is 5.84 Å². The fraction of sp³-hybridized carbons (Fsp3) is 0.562. The Balaban J connectivity index is 2.53. The van der Waals surface area contributed by atoms with Crippen LogP contribution in [0.5, 0.6) is 0 Å². The van der Waals surface area contributed by atoms with Gasteiger partial charge in [0.25, 0.3) is 5.91 Å². The van der Waals surface area contributed by atoms with E-state index in [4.69, 9.17) is 5.84 Å². The summed E-state index contributed by atoms with van der Waals surface area (Å²) in [6.45, 7) is 8.68. The number of rotatable bonds is 3. The molecule has 0 bridgehead atoms. The minimum absolute atomic E-state index is 0.0685. The molecule has 1 aliphatic heterocycles. The van der Waals surface area contributed by atoms with Crippen LogP contribution in [0, 0.1) is 0 Å². The van der Waals surface area contributed by atoms with Gasteiger partial charge in [-0.1, -0.05) is 32.0 Å². The van der Waals surface area contributed by atoms with Crippen LogP contribution in [0.4, 0.5) is 5.69 Å². The van der Waals surface area contributed by atoms with Crippen LogP contribution in [0.3, 0.4) is 0 Å². The van der Waals surface area contributed by atoms with Crippen LogP contribution in [0.2, 0.25) is 0 Å². The first kappa shape index (κ1) is 14.9. The van der Waals surface area contributed by atoms with Gasteiger partial charge in [-0.2, -0.15) is 0 Å². The fourth-order valence-corrected chi connectivity index (χ4v) is 3.58. The highest BCUT2D eigenvalue weighted by molar-refractivity contribution is 5.86. The minimum atomic E-state index is -0.233. The number of nitrogens with one attached hydrogen (secondary N) is 1. The molecule has 0 aromatic heterocycles. The van der Waals surface area contributed by atoms with Crippen LogP contribution in [-0.4, -0.2) is 17.5 Å². The minimum Gasteiger partial charge on any atom is -0.354 e. The largest absolute Gasteiger partial charge is 0.354 e. The van der Waals surface area contributed by atoms with Gasteiger partial charge in [0.2, 0.25) is 0 Å². The average molecular weight is 275 g/mol. The van der Waals surface area contributed by atoms with E-state index in [1.165, 1.54) is 5.56 Å². The van der Waals surface area contributed by atoms with E-state index in [0.717, 1.165) is 18.5 Å². The lowest BCUT2D eigenvalue weighted by atomic mass is 9.79. The molecular formula is C16H25N3O. The zero-order valence-corrected chi connectivity index (χ0v) is 12.8. The van der Waals surface area contributed by atoms with E-state index in [-0.39, 0.29) is 17.5 Å². The summed E-state index contributed by atoms with van der Waals surface area (Å²) in [4.78, 5) is 14.4. The van der Waals surface area contributed by atoms with Crippen LogP contribution in [0.25, 0.3) is 0 Å². The number of amides is 1. The van der Waals surface area contributed by atoms with Crippen molar-refractivity contribution in [3.63, 3.8) is 0 Å². The second-order valence-electron chi connectivity index (χ2n) is 6.28. The predicted octanol–water partition coefficient (Wildman–Crippen LogP) is 2.55. The molecule has 4 heteroatoms. The Labute approximate surface area is 121 Å². The van der Waals surface area contributed by atoms with Crippen molar-refractivity contribution in [3.05, 3.63) is 29.8 Å². The molecule has 2 rings (SSSR count). The van der Waals surface area contributed by atoms with Gasteiger partial charge in [0.1, 0.15) is 6.04 Å². The maximum atomic E-state index is 12.1. The van der Waals surface area contributed by atoms with E-state index in [1.54, 1.807) is 0 Å². The highest BCUT2D eigenvalue weighted by atomic mass is 16.2. The van der Waals surface area contributed by atoms with E-state index in [1.807, 2.05) is 13.0 Å². The lowest BCUT2D eigenvalue weighted by Gasteiger charge is -2.50. The van der Waals surface area contributed by atoms with Crippen LogP contribution in [-0.2, 0) is 4.79 Å². The lowest BCUT2D eigenvalue weighted by Crippen LogP contribution is -2.59. The molecule has 2 atom stereocenters. The summed E-state index contributed by atoms with van der Waals surface area (Å²) in [5.41, 5.74) is 4.72. The van der Waals surface area contributed by atoms with E-state index in [0.29, 0.717) is 5.92 Å². The summed E-state index contributed by atoms with van der Waals surface area (Å²) in [7, 11) is 0. The summed E-state index contributed by atoms with van der Waals surface area (Å²) < 4.78 is 0. The molecule has 0 spiro atoms. The molecule has 0 saturated carbocycles. The Kier molecular flexibility index (Phi) is 4.04. The number of nitrogens with two attached hydrogens (primary N) is 1. The van der Waals surface area contributed by atoms with Crippen molar-refractivity contribution >= 4 is 11.6 Å². The molecular weight excluding hydrogens is 250 g/mol. The molecule has 3 N–H and O–H groups in total. The summed E-state index contributed by atoms with van der Waals surface area (Å²) >= 11 is 0. The van der Waals surface area contributed by atoms with Gasteiger partial charge < -0.3 is 4.90 Å². The van der Waals surface area contributed by atoms with E-state index in [2.05, 4.69) is 49.3 Å². The van der Waals surface area contributed by atoms with Crippen LogP contribution < -0.4 is 16.2 Å². The van der Waals surface area contributed by atoms with Gasteiger partial charge in [-0.3, -0.25) is 10.2 Å². The van der Waals surface area contributed by atoms with Gasteiger partial charge in [-0.25, -0.2) is 5.84 Å². The standard InChI is InChI=1S/C16H25N3O/c1-5-13(15(20)18-17)19-14-9-7-6-8-12(14)11(2)10-16(19,3)4/h6-9,11,13H,5,10,17H2,1-4H3,(H,18,20)/t11-,13+/m1/s1. The predicted molar refractivity (Wildman–Crippen MR) is 82.4 cm³/mol. The van der Waals surface area contributed by atoms with Gasteiger partial charge in [0, 0.05) is 11.2 Å². The molecule has 0 radical (unpaired) electrons. The Morgan fingerprint density at radius 3 is 2.75 bits per heavy atom. The van der Waals surface area contributed by atoms with Gasteiger partial charge >= 0.3 is 0 Å². The number of fused-ring (bicyclic) bond motifs is 1. The van der Waals surface area contributed by atoms with Gasteiger partial charge in [-0.05, 0) is 44.2 Å². The van der Waals surface area contributed by atoms with Crippen LogP contribution in [0.1, 0.15) is 52.0 Å². The fourth-order valence-electron chi connectivity index (χ4n) is 3.58. The second kappa shape index (κ2) is 5.44. The zero-order chi connectivity index (χ0) is 14.9. The van der Waals surface area contributed by atoms with Gasteiger partial charge in [0.15, 0.2) is 0 Å². The molecule has 20 heavy (non-hydrogen) atoms. The Morgan fingerprint density at radius 2 is 2.15 bits per heavy atom. The number of nitrogens with zero attached hydrogens (tertiary/aromatic N) is 1. The number of benzene rings is 1. The zero-order valence-electron chi connectivity index (χ0n) is 12.8. The molecule has 1 aliphatic rings. The van der Waals surface area contributed by atoms with Crippen molar-refractivity contribution in [2.75, 3.05) is 4.90 Å².